The van der Waals surface area contributed by atoms with Crippen LogP contribution in [-0.2, 0) is 6.42 Å². The van der Waals surface area contributed by atoms with Crippen LogP contribution in [0.5, 0.6) is 11.5 Å². The molecule has 1 aliphatic heterocycles. The van der Waals surface area contributed by atoms with Gasteiger partial charge < -0.3 is 14.7 Å². The number of hydrogen-bond donors (Lipinski definition) is 1. The highest BCUT2D eigenvalue weighted by atomic mass is 19.1. The first-order valence-corrected chi connectivity index (χ1v) is 20.4. The SMILES string of the molecule is CCCC(=O)c1ccc(C#CCN(C)CC2CCN(c3ccc(C(c4ccc(O)cc4C(C)CC)C(CC)c4cccc(OC)c4)cc3F)CC2)cc1CC. The summed E-state index contributed by atoms with van der Waals surface area (Å²) in [7, 11) is 3.81. The first-order valence-electron chi connectivity index (χ1n) is 20.4. The van der Waals surface area contributed by atoms with Gasteiger partial charge >= 0.3 is 0 Å². The second kappa shape index (κ2) is 19.8. The molecule has 0 bridgehead atoms. The molecule has 292 valence electrons. The molecule has 6 heteroatoms. The molecule has 1 fully saturated rings. The molecule has 0 radical (unpaired) electrons. The van der Waals surface area contributed by atoms with Crippen molar-refractivity contribution in [2.75, 3.05) is 45.2 Å². The van der Waals surface area contributed by atoms with Crippen molar-refractivity contribution in [1.29, 1.82) is 0 Å². The average Bonchev–Trinajstić information content (AvgIpc) is 3.20. The molecule has 1 heterocycles. The second-order valence-electron chi connectivity index (χ2n) is 15.4. The van der Waals surface area contributed by atoms with Crippen LogP contribution in [0.15, 0.2) is 78.9 Å². The van der Waals surface area contributed by atoms with E-state index in [1.54, 1.807) is 19.2 Å². The molecule has 5 nitrogen and oxygen atoms in total. The predicted octanol–water partition coefficient (Wildman–Crippen LogP) is 11.1. The highest BCUT2D eigenvalue weighted by molar-refractivity contribution is 5.97. The van der Waals surface area contributed by atoms with Crippen LogP contribution in [0, 0.1) is 23.6 Å². The summed E-state index contributed by atoms with van der Waals surface area (Å²) < 4.78 is 22.0. The lowest BCUT2D eigenvalue weighted by molar-refractivity contribution is 0.0981. The van der Waals surface area contributed by atoms with Gasteiger partial charge in [0.15, 0.2) is 5.78 Å². The van der Waals surface area contributed by atoms with Crippen LogP contribution in [0.1, 0.15) is 135 Å². The number of ketones is 1. The van der Waals surface area contributed by atoms with Crippen molar-refractivity contribution >= 4 is 11.5 Å². The number of carbonyl (C=O) groups excluding carboxylic acids is 1. The van der Waals surface area contributed by atoms with Crippen molar-refractivity contribution in [3.05, 3.63) is 124 Å². The van der Waals surface area contributed by atoms with Gasteiger partial charge in [-0.1, -0.05) is 70.7 Å². The number of ether oxygens (including phenoxy) is 1. The Hall–Kier alpha value is -4.60. The van der Waals surface area contributed by atoms with E-state index in [4.69, 9.17) is 4.74 Å². The number of piperidine rings is 1. The van der Waals surface area contributed by atoms with Gasteiger partial charge in [0.05, 0.1) is 19.3 Å². The topological polar surface area (TPSA) is 53.0 Å². The van der Waals surface area contributed by atoms with Gasteiger partial charge in [0.25, 0.3) is 0 Å². The zero-order valence-electron chi connectivity index (χ0n) is 34.1. The number of hydrogen-bond acceptors (Lipinski definition) is 5. The van der Waals surface area contributed by atoms with Crippen LogP contribution in [-0.4, -0.2) is 56.1 Å². The highest BCUT2D eigenvalue weighted by Gasteiger charge is 2.30. The minimum absolute atomic E-state index is 0.0701. The van der Waals surface area contributed by atoms with E-state index in [0.29, 0.717) is 24.6 Å². The van der Waals surface area contributed by atoms with Crippen LogP contribution in [0.25, 0.3) is 0 Å². The Labute approximate surface area is 329 Å². The molecule has 3 unspecified atom stereocenters. The number of aryl methyl sites for hydroxylation is 1. The van der Waals surface area contributed by atoms with Gasteiger partial charge in [-0.15, -0.1) is 0 Å². The largest absolute Gasteiger partial charge is 0.508 e. The Morgan fingerprint density at radius 3 is 2.40 bits per heavy atom. The molecule has 4 aromatic carbocycles. The average molecular weight is 745 g/mol. The summed E-state index contributed by atoms with van der Waals surface area (Å²) in [6.45, 7) is 13.9. The molecule has 1 aliphatic rings. The number of methoxy groups -OCH3 is 1. The van der Waals surface area contributed by atoms with Crippen LogP contribution in [0.3, 0.4) is 0 Å². The van der Waals surface area contributed by atoms with Crippen molar-refractivity contribution < 1.29 is 19.0 Å². The molecular formula is C49H61FN2O3. The molecular weight excluding hydrogens is 684 g/mol. The van der Waals surface area contributed by atoms with Crippen molar-refractivity contribution in [3.8, 4) is 23.3 Å². The monoisotopic (exact) mass is 744 g/mol. The molecule has 5 rings (SSSR count). The molecule has 0 spiro atoms. The smallest absolute Gasteiger partial charge is 0.163 e. The molecule has 55 heavy (non-hydrogen) atoms. The zero-order chi connectivity index (χ0) is 39.5. The van der Waals surface area contributed by atoms with E-state index in [2.05, 4.69) is 80.6 Å². The third kappa shape index (κ3) is 10.4. The summed E-state index contributed by atoms with van der Waals surface area (Å²) in [5.41, 5.74) is 7.85. The number of phenols is 1. The van der Waals surface area contributed by atoms with E-state index in [0.717, 1.165) is 103 Å². The Kier molecular flexibility index (Phi) is 15.0. The Morgan fingerprint density at radius 2 is 1.73 bits per heavy atom. The fourth-order valence-corrected chi connectivity index (χ4v) is 8.37. The summed E-state index contributed by atoms with van der Waals surface area (Å²) in [6, 6.07) is 25.8. The van der Waals surface area contributed by atoms with Crippen LogP contribution in [0.4, 0.5) is 10.1 Å². The third-order valence-corrected chi connectivity index (χ3v) is 11.6. The van der Waals surface area contributed by atoms with Crippen molar-refractivity contribution in [1.82, 2.24) is 4.90 Å². The maximum atomic E-state index is 16.4. The molecule has 0 aromatic heterocycles. The lowest BCUT2D eigenvalue weighted by Gasteiger charge is -2.36. The first-order chi connectivity index (χ1) is 26.6. The molecule has 0 saturated carbocycles. The number of benzene rings is 4. The van der Waals surface area contributed by atoms with E-state index in [1.807, 2.05) is 49.4 Å². The van der Waals surface area contributed by atoms with Gasteiger partial charge in [-0.3, -0.25) is 9.69 Å². The third-order valence-electron chi connectivity index (χ3n) is 11.6. The highest BCUT2D eigenvalue weighted by Crippen LogP contribution is 2.45. The van der Waals surface area contributed by atoms with E-state index in [-0.39, 0.29) is 35.1 Å². The van der Waals surface area contributed by atoms with E-state index < -0.39 is 0 Å². The number of aromatic hydroxyl groups is 1. The van der Waals surface area contributed by atoms with Crippen molar-refractivity contribution in [2.24, 2.45) is 5.92 Å². The van der Waals surface area contributed by atoms with Crippen molar-refractivity contribution in [2.45, 2.75) is 97.3 Å². The first kappa shape index (κ1) is 41.6. The lowest BCUT2D eigenvalue weighted by atomic mass is 9.73. The fraction of sp³-hybridized carbons (Fsp3) is 0.449. The summed E-state index contributed by atoms with van der Waals surface area (Å²) in [5, 5.41) is 10.5. The van der Waals surface area contributed by atoms with E-state index in [1.165, 1.54) is 0 Å². The lowest BCUT2D eigenvalue weighted by Crippen LogP contribution is -2.38. The van der Waals surface area contributed by atoms with Gasteiger partial charge in [0.2, 0.25) is 0 Å². The summed E-state index contributed by atoms with van der Waals surface area (Å²) >= 11 is 0. The number of halogens is 1. The summed E-state index contributed by atoms with van der Waals surface area (Å²) in [4.78, 5) is 17.0. The molecule has 4 aromatic rings. The van der Waals surface area contributed by atoms with E-state index in [9.17, 15) is 9.90 Å². The quantitative estimate of drug-likeness (QED) is 0.0914. The van der Waals surface area contributed by atoms with Crippen LogP contribution in [0.2, 0.25) is 0 Å². The minimum atomic E-state index is -0.188. The molecule has 1 N–H and O–H groups in total. The summed E-state index contributed by atoms with van der Waals surface area (Å²) in [6.07, 6.45) is 6.02. The number of phenolic OH excluding ortho intramolecular Hbond substituents is 1. The molecule has 1 saturated heterocycles. The molecule has 3 atom stereocenters. The number of carbonyl (C=O) groups is 1. The van der Waals surface area contributed by atoms with Crippen molar-refractivity contribution in [3.63, 3.8) is 0 Å². The minimum Gasteiger partial charge on any atom is -0.508 e. The summed E-state index contributed by atoms with van der Waals surface area (Å²) in [5.74, 6) is 8.45. The normalized spacial score (nSPS) is 15.0. The second-order valence-corrected chi connectivity index (χ2v) is 15.4. The fourth-order valence-electron chi connectivity index (χ4n) is 8.37. The van der Waals surface area contributed by atoms with Gasteiger partial charge in [0, 0.05) is 43.1 Å². The molecule has 0 aliphatic carbocycles. The Morgan fingerprint density at radius 1 is 0.945 bits per heavy atom. The standard InChI is InChI=1S/C49H61FN2O3/c1-8-14-48(54)43-21-18-35(29-37(43)10-3)15-13-26-51(6)33-36-24-27-52(28-25-36)47-23-19-39(31-46(47)50)49(42(11-4)38-16-12-17-41(30-38)55-7)44-22-20-40(53)32-45(44)34(5)9-2/h12,16-23,29-32,34,36,42,49,53H,8-11,14,24-28,33H2,1-7H3. The molecule has 0 amide bonds. The van der Waals surface area contributed by atoms with E-state index >= 15 is 4.39 Å². The van der Waals surface area contributed by atoms with Gasteiger partial charge in [-0.2, -0.15) is 0 Å². The number of Topliss-reactive ketones (excluding diaryl/α,β-unsaturated/α-hetero) is 1. The van der Waals surface area contributed by atoms with Gasteiger partial charge in [-0.05, 0) is 146 Å². The van der Waals surface area contributed by atoms with Gasteiger partial charge in [0.1, 0.15) is 17.3 Å². The Bertz CT molecular complexity index is 1950. The number of nitrogens with zero attached hydrogens (tertiary/aromatic N) is 2. The van der Waals surface area contributed by atoms with Gasteiger partial charge in [-0.25, -0.2) is 4.39 Å². The maximum Gasteiger partial charge on any atom is 0.163 e. The Balaban J connectivity index is 1.28. The van der Waals surface area contributed by atoms with Crippen LogP contribution >= 0.6 is 0 Å². The predicted molar refractivity (Wildman–Crippen MR) is 225 cm³/mol. The zero-order valence-corrected chi connectivity index (χ0v) is 34.1. The number of rotatable bonds is 16. The number of anilines is 1. The maximum absolute atomic E-state index is 16.4. The van der Waals surface area contributed by atoms with Crippen LogP contribution < -0.4 is 9.64 Å².